The topological polar surface area (TPSA) is 63.6 Å². The second-order valence-corrected chi connectivity index (χ2v) is 9.36. The molecule has 188 valence electrons. The van der Waals surface area contributed by atoms with Gasteiger partial charge in [0.05, 0.1) is 5.56 Å². The molecule has 1 aromatic carbocycles. The second kappa shape index (κ2) is 11.4. The predicted molar refractivity (Wildman–Crippen MR) is 130 cm³/mol. The molecule has 0 radical (unpaired) electrons. The van der Waals surface area contributed by atoms with Gasteiger partial charge in [-0.2, -0.15) is 13.2 Å². The summed E-state index contributed by atoms with van der Waals surface area (Å²) < 4.78 is 43.5. The molecular formula is C28H31F3O4. The maximum Gasteiger partial charge on any atom is 0.416 e. The molecule has 0 amide bonds. The zero-order chi connectivity index (χ0) is 26.4. The van der Waals surface area contributed by atoms with E-state index in [2.05, 4.69) is 32.9 Å². The lowest BCUT2D eigenvalue weighted by Gasteiger charge is -2.32. The zero-order valence-corrected chi connectivity index (χ0v) is 20.6. The van der Waals surface area contributed by atoms with Crippen LogP contribution >= 0.6 is 0 Å². The first-order chi connectivity index (χ1) is 16.2. The molecule has 0 aromatic heterocycles. The maximum atomic E-state index is 12.8. The van der Waals surface area contributed by atoms with Crippen LogP contribution in [0.5, 0.6) is 5.75 Å². The largest absolute Gasteiger partial charge is 0.478 e. The Kier molecular flexibility index (Phi) is 9.07. The summed E-state index contributed by atoms with van der Waals surface area (Å²) in [5.41, 5.74) is 2.60. The van der Waals surface area contributed by atoms with Crippen LogP contribution in [-0.2, 0) is 11.0 Å². The number of rotatable bonds is 7. The molecule has 1 aromatic rings. The smallest absolute Gasteiger partial charge is 0.416 e. The number of alkyl halides is 3. The summed E-state index contributed by atoms with van der Waals surface area (Å²) in [5.74, 6) is -2.98. The van der Waals surface area contributed by atoms with Gasteiger partial charge in [0.2, 0.25) is 0 Å². The number of benzene rings is 1. The number of aromatic carboxylic acids is 1. The summed E-state index contributed by atoms with van der Waals surface area (Å²) in [4.78, 5) is 23.5. The van der Waals surface area contributed by atoms with Crippen molar-refractivity contribution in [1.82, 2.24) is 0 Å². The van der Waals surface area contributed by atoms with Crippen molar-refractivity contribution in [3.8, 4) is 5.75 Å². The summed E-state index contributed by atoms with van der Waals surface area (Å²) in [6.07, 6.45) is 9.47. The van der Waals surface area contributed by atoms with E-state index in [9.17, 15) is 27.9 Å². The average molecular weight is 489 g/mol. The third-order valence-corrected chi connectivity index (χ3v) is 5.87. The van der Waals surface area contributed by atoms with E-state index in [1.54, 1.807) is 19.1 Å². The van der Waals surface area contributed by atoms with Gasteiger partial charge in [0.15, 0.2) is 0 Å². The molecule has 0 spiro atoms. The third-order valence-electron chi connectivity index (χ3n) is 5.87. The van der Waals surface area contributed by atoms with E-state index in [0.29, 0.717) is 17.7 Å². The number of carboxylic acids is 1. The van der Waals surface area contributed by atoms with Gasteiger partial charge >= 0.3 is 18.1 Å². The Morgan fingerprint density at radius 2 is 1.80 bits per heavy atom. The normalized spacial score (nSPS) is 17.4. The molecule has 35 heavy (non-hydrogen) atoms. The molecule has 1 N–H and O–H groups in total. The summed E-state index contributed by atoms with van der Waals surface area (Å²) >= 11 is 0. The van der Waals surface area contributed by atoms with Gasteiger partial charge in [0.25, 0.3) is 0 Å². The van der Waals surface area contributed by atoms with Gasteiger partial charge in [0.1, 0.15) is 11.3 Å². The molecule has 0 bridgehead atoms. The molecule has 0 heterocycles. The number of allylic oxidation sites excluding steroid dienone is 9. The van der Waals surface area contributed by atoms with Crippen molar-refractivity contribution in [1.29, 1.82) is 0 Å². The molecule has 0 saturated heterocycles. The molecule has 0 fully saturated rings. The maximum absolute atomic E-state index is 12.8. The first kappa shape index (κ1) is 27.9. The highest BCUT2D eigenvalue weighted by Gasteiger charge is 2.32. The lowest BCUT2D eigenvalue weighted by molar-refractivity contribution is -0.137. The highest BCUT2D eigenvalue weighted by atomic mass is 19.4. The van der Waals surface area contributed by atoms with Crippen LogP contribution in [0.2, 0.25) is 0 Å². The monoisotopic (exact) mass is 488 g/mol. The highest BCUT2D eigenvalue weighted by molar-refractivity contribution is 5.93. The summed E-state index contributed by atoms with van der Waals surface area (Å²) in [7, 11) is 0. The van der Waals surface area contributed by atoms with Crippen molar-refractivity contribution in [2.45, 2.75) is 60.1 Å². The van der Waals surface area contributed by atoms with E-state index < -0.39 is 35.0 Å². The molecule has 4 nitrogen and oxygen atoms in total. The van der Waals surface area contributed by atoms with Gasteiger partial charge in [-0.05, 0) is 74.8 Å². The second-order valence-electron chi connectivity index (χ2n) is 9.36. The number of carbonyl (C=O) groups excluding carboxylic acids is 1. The zero-order valence-electron chi connectivity index (χ0n) is 20.6. The van der Waals surface area contributed by atoms with Crippen LogP contribution in [0.1, 0.15) is 69.8 Å². The van der Waals surface area contributed by atoms with Crippen LogP contribution in [0.4, 0.5) is 13.2 Å². The van der Waals surface area contributed by atoms with Gasteiger partial charge < -0.3 is 9.84 Å². The van der Waals surface area contributed by atoms with E-state index in [4.69, 9.17) is 4.74 Å². The fourth-order valence-electron chi connectivity index (χ4n) is 3.97. The third kappa shape index (κ3) is 8.12. The first-order valence-corrected chi connectivity index (χ1v) is 11.3. The molecule has 0 saturated carbocycles. The molecular weight excluding hydrogens is 457 g/mol. The summed E-state index contributed by atoms with van der Waals surface area (Å²) in [6, 6.07) is 1.93. The molecule has 0 unspecified atom stereocenters. The Hall–Kier alpha value is -3.35. The Morgan fingerprint density at radius 3 is 2.40 bits per heavy atom. The fraction of sp³-hybridized carbons (Fsp3) is 0.357. The van der Waals surface area contributed by atoms with Crippen molar-refractivity contribution in [2.75, 3.05) is 0 Å². The Morgan fingerprint density at radius 1 is 1.11 bits per heavy atom. The number of hydrogen-bond acceptors (Lipinski definition) is 3. The molecule has 1 aliphatic rings. The highest BCUT2D eigenvalue weighted by Crippen LogP contribution is 2.40. The quantitative estimate of drug-likeness (QED) is 0.184. The lowest BCUT2D eigenvalue weighted by Crippen LogP contribution is -2.19. The van der Waals surface area contributed by atoms with Crippen molar-refractivity contribution in [2.24, 2.45) is 5.41 Å². The molecule has 2 rings (SSSR count). The van der Waals surface area contributed by atoms with E-state index in [1.807, 2.05) is 13.0 Å². The van der Waals surface area contributed by atoms with Gasteiger partial charge in [0, 0.05) is 6.08 Å². The number of esters is 1. The predicted octanol–water partition coefficient (Wildman–Crippen LogP) is 7.84. The summed E-state index contributed by atoms with van der Waals surface area (Å²) in [6.45, 7) is 10.3. The number of ether oxygens (including phenoxy) is 1. The van der Waals surface area contributed by atoms with Gasteiger partial charge in [-0.25, -0.2) is 9.59 Å². The Bertz CT molecular complexity index is 1130. The Labute approximate surface area is 204 Å². The Balaban J connectivity index is 2.08. The van der Waals surface area contributed by atoms with Crippen LogP contribution in [-0.4, -0.2) is 17.0 Å². The minimum Gasteiger partial charge on any atom is -0.478 e. The van der Waals surface area contributed by atoms with Crippen LogP contribution in [0, 0.1) is 5.41 Å². The number of hydrogen-bond donors (Lipinski definition) is 1. The first-order valence-electron chi connectivity index (χ1n) is 11.3. The standard InChI is InChI=1S/C28H31F3O4/c1-18(11-13-23-20(3)10-7-15-27(23,4)5)8-6-9-19(2)16-25(32)35-24-14-12-21(28(29,30)31)17-22(24)26(33)34/h6,8-9,11-14,16-17H,7,10,15H2,1-5H3,(H,33,34)/b9-6+,13-11+,18-8+,19-16+. The van der Waals surface area contributed by atoms with Crippen molar-refractivity contribution in [3.63, 3.8) is 0 Å². The molecule has 7 heteroatoms. The van der Waals surface area contributed by atoms with Gasteiger partial charge in [-0.3, -0.25) is 0 Å². The van der Waals surface area contributed by atoms with Crippen LogP contribution in [0.15, 0.2) is 76.9 Å². The number of carbonyl (C=O) groups is 2. The number of carboxylic acid groups (broad SMARTS) is 1. The number of halogens is 3. The lowest BCUT2D eigenvalue weighted by atomic mass is 9.72. The minimum absolute atomic E-state index is 0.155. The average Bonchev–Trinajstić information content (AvgIpc) is 2.72. The van der Waals surface area contributed by atoms with E-state index in [1.165, 1.54) is 17.6 Å². The van der Waals surface area contributed by atoms with Crippen LogP contribution in [0.3, 0.4) is 0 Å². The van der Waals surface area contributed by atoms with E-state index in [-0.39, 0.29) is 5.41 Å². The fourth-order valence-corrected chi connectivity index (χ4v) is 3.97. The van der Waals surface area contributed by atoms with Gasteiger partial charge in [-0.1, -0.05) is 55.4 Å². The summed E-state index contributed by atoms with van der Waals surface area (Å²) in [5, 5.41) is 9.19. The van der Waals surface area contributed by atoms with Crippen molar-refractivity contribution < 1.29 is 32.6 Å². The van der Waals surface area contributed by atoms with Crippen LogP contribution < -0.4 is 4.74 Å². The van der Waals surface area contributed by atoms with E-state index in [0.717, 1.165) is 30.6 Å². The minimum atomic E-state index is -4.71. The molecule has 0 atom stereocenters. The van der Waals surface area contributed by atoms with Crippen molar-refractivity contribution >= 4 is 11.9 Å². The van der Waals surface area contributed by atoms with E-state index >= 15 is 0 Å². The van der Waals surface area contributed by atoms with Gasteiger partial charge in [-0.15, -0.1) is 0 Å². The molecule has 1 aliphatic carbocycles. The SMILES string of the molecule is CC1=C(/C=C/C(C)=C/C=C/C(C)=C/C(=O)Oc2ccc(C(F)(F)F)cc2C(=O)O)C(C)(C)CCC1. The molecule has 0 aliphatic heterocycles. The van der Waals surface area contributed by atoms with Crippen molar-refractivity contribution in [3.05, 3.63) is 88.1 Å². The van der Waals surface area contributed by atoms with Crippen LogP contribution in [0.25, 0.3) is 0 Å².